The Balaban J connectivity index is 1.25. The van der Waals surface area contributed by atoms with Gasteiger partial charge in [-0.15, -0.1) is 0 Å². The number of anilines is 1. The zero-order chi connectivity index (χ0) is 21.7. The van der Waals surface area contributed by atoms with Crippen LogP contribution in [-0.2, 0) is 9.59 Å². The molecule has 0 radical (unpaired) electrons. The van der Waals surface area contributed by atoms with Gasteiger partial charge in [0.1, 0.15) is 11.4 Å². The standard InChI is InChI=1S/C19H21ClF4N4O2/c20-14-5-11(1-2-15(14)21)25-16(29)9-27-7-13-6-12(27)8-28(13)10-17(30)26-18(3-4-18)19(22,23)24/h1-2,5,12-13H,3-4,6-10H2,(H,25,29)(H,26,30). The topological polar surface area (TPSA) is 64.7 Å². The van der Waals surface area contributed by atoms with Crippen molar-refractivity contribution in [2.45, 2.75) is 43.1 Å². The van der Waals surface area contributed by atoms with Crippen molar-refractivity contribution in [1.82, 2.24) is 15.1 Å². The first-order valence-electron chi connectivity index (χ1n) is 9.67. The second-order valence-electron chi connectivity index (χ2n) is 8.21. The second kappa shape index (κ2) is 7.65. The highest BCUT2D eigenvalue weighted by Gasteiger charge is 2.64. The molecule has 1 aromatic rings. The Bertz CT molecular complexity index is 861. The average Bonchev–Trinajstić information content (AvgIpc) is 3.19. The van der Waals surface area contributed by atoms with Crippen molar-refractivity contribution in [2.24, 2.45) is 0 Å². The van der Waals surface area contributed by atoms with Crippen LogP contribution in [0.4, 0.5) is 23.2 Å². The zero-order valence-corrected chi connectivity index (χ0v) is 16.7. The lowest BCUT2D eigenvalue weighted by molar-refractivity contribution is -0.170. The van der Waals surface area contributed by atoms with Crippen molar-refractivity contribution >= 4 is 29.1 Å². The Morgan fingerprint density at radius 2 is 1.70 bits per heavy atom. The van der Waals surface area contributed by atoms with Gasteiger partial charge in [-0.05, 0) is 37.5 Å². The Hall–Kier alpha value is -1.91. The maximum Gasteiger partial charge on any atom is 0.411 e. The average molecular weight is 449 g/mol. The maximum absolute atomic E-state index is 13.2. The van der Waals surface area contributed by atoms with Crippen LogP contribution in [-0.4, -0.2) is 71.6 Å². The van der Waals surface area contributed by atoms with Crippen molar-refractivity contribution < 1.29 is 27.2 Å². The summed E-state index contributed by atoms with van der Waals surface area (Å²) in [5.41, 5.74) is -1.65. The summed E-state index contributed by atoms with van der Waals surface area (Å²) < 4.78 is 52.2. The van der Waals surface area contributed by atoms with Crippen LogP contribution in [0.2, 0.25) is 5.02 Å². The van der Waals surface area contributed by atoms with Gasteiger partial charge in [-0.1, -0.05) is 11.6 Å². The predicted molar refractivity (Wildman–Crippen MR) is 102 cm³/mol. The van der Waals surface area contributed by atoms with Gasteiger partial charge in [0.25, 0.3) is 0 Å². The highest BCUT2D eigenvalue weighted by Crippen LogP contribution is 2.48. The van der Waals surface area contributed by atoms with Crippen molar-refractivity contribution in [2.75, 3.05) is 31.5 Å². The molecule has 0 spiro atoms. The van der Waals surface area contributed by atoms with Crippen LogP contribution in [0, 0.1) is 5.82 Å². The Morgan fingerprint density at radius 3 is 2.20 bits per heavy atom. The number of carbonyl (C=O) groups excluding carboxylic acids is 2. The number of alkyl halides is 3. The minimum atomic E-state index is -4.43. The number of hydrogen-bond acceptors (Lipinski definition) is 4. The minimum Gasteiger partial charge on any atom is -0.341 e. The van der Waals surface area contributed by atoms with E-state index in [2.05, 4.69) is 10.6 Å². The molecule has 3 fully saturated rings. The number of nitrogens with one attached hydrogen (secondary N) is 2. The molecular formula is C19H21ClF4N4O2. The lowest BCUT2D eigenvalue weighted by atomic mass is 10.2. The molecule has 3 aliphatic rings. The first kappa shape index (κ1) is 21.3. The largest absolute Gasteiger partial charge is 0.411 e. The molecule has 2 unspecified atom stereocenters. The van der Waals surface area contributed by atoms with E-state index in [-0.39, 0.29) is 48.9 Å². The molecular weight excluding hydrogens is 428 g/mol. The third kappa shape index (κ3) is 4.26. The number of halogens is 5. The van der Waals surface area contributed by atoms with E-state index in [4.69, 9.17) is 11.6 Å². The molecule has 2 heterocycles. The van der Waals surface area contributed by atoms with Crippen molar-refractivity contribution in [1.29, 1.82) is 0 Å². The van der Waals surface area contributed by atoms with E-state index in [1.54, 1.807) is 0 Å². The van der Waals surface area contributed by atoms with E-state index in [1.807, 2.05) is 9.80 Å². The zero-order valence-electron chi connectivity index (χ0n) is 15.9. The third-order valence-electron chi connectivity index (χ3n) is 6.04. The smallest absolute Gasteiger partial charge is 0.341 e. The second-order valence-corrected chi connectivity index (χ2v) is 8.61. The molecule has 30 heavy (non-hydrogen) atoms. The van der Waals surface area contributed by atoms with Gasteiger partial charge in [-0.3, -0.25) is 19.4 Å². The summed E-state index contributed by atoms with van der Waals surface area (Å²) in [5.74, 6) is -1.45. The summed E-state index contributed by atoms with van der Waals surface area (Å²) in [5, 5.41) is 4.74. The fraction of sp³-hybridized carbons (Fsp3) is 0.579. The molecule has 2 aliphatic heterocycles. The van der Waals surface area contributed by atoms with E-state index in [0.717, 1.165) is 6.42 Å². The van der Waals surface area contributed by atoms with Crippen molar-refractivity contribution in [3.05, 3.63) is 29.0 Å². The molecule has 2 atom stereocenters. The maximum atomic E-state index is 13.2. The summed E-state index contributed by atoms with van der Waals surface area (Å²) in [4.78, 5) is 28.3. The number of likely N-dealkylation sites (tertiary alicyclic amines) is 2. The first-order valence-corrected chi connectivity index (χ1v) is 10.0. The van der Waals surface area contributed by atoms with Crippen LogP contribution in [0.5, 0.6) is 0 Å². The number of fused-ring (bicyclic) bond motifs is 2. The number of nitrogens with zero attached hydrogens (tertiary/aromatic N) is 2. The number of amides is 2. The van der Waals surface area contributed by atoms with Crippen LogP contribution in [0.25, 0.3) is 0 Å². The molecule has 1 aromatic carbocycles. The van der Waals surface area contributed by atoms with Crippen molar-refractivity contribution in [3.63, 3.8) is 0 Å². The highest BCUT2D eigenvalue weighted by atomic mass is 35.5. The van der Waals surface area contributed by atoms with Gasteiger partial charge in [0.15, 0.2) is 0 Å². The summed E-state index contributed by atoms with van der Waals surface area (Å²) in [6.07, 6.45) is -3.81. The molecule has 2 amide bonds. The predicted octanol–water partition coefficient (Wildman–Crippen LogP) is 2.39. The molecule has 2 saturated heterocycles. The molecule has 11 heteroatoms. The molecule has 1 aliphatic carbocycles. The fourth-order valence-corrected chi connectivity index (χ4v) is 4.45. The molecule has 2 bridgehead atoms. The molecule has 2 N–H and O–H groups in total. The normalized spacial score (nSPS) is 25.4. The lowest BCUT2D eigenvalue weighted by Gasteiger charge is -2.33. The Kier molecular flexibility index (Phi) is 5.44. The van der Waals surface area contributed by atoms with Crippen LogP contribution in [0.3, 0.4) is 0 Å². The van der Waals surface area contributed by atoms with Crippen LogP contribution < -0.4 is 10.6 Å². The van der Waals surface area contributed by atoms with Gasteiger partial charge in [-0.25, -0.2) is 4.39 Å². The fourth-order valence-electron chi connectivity index (χ4n) is 4.27. The number of hydrogen-bond donors (Lipinski definition) is 2. The number of benzene rings is 1. The van der Waals surface area contributed by atoms with Crippen molar-refractivity contribution in [3.8, 4) is 0 Å². The van der Waals surface area contributed by atoms with Gasteiger partial charge >= 0.3 is 6.18 Å². The van der Waals surface area contributed by atoms with Gasteiger partial charge in [0, 0.05) is 30.9 Å². The number of rotatable bonds is 6. The van der Waals surface area contributed by atoms with Gasteiger partial charge in [-0.2, -0.15) is 13.2 Å². The lowest BCUT2D eigenvalue weighted by Crippen LogP contribution is -2.54. The number of piperazine rings is 1. The summed E-state index contributed by atoms with van der Waals surface area (Å²) in [7, 11) is 0. The molecule has 164 valence electrons. The first-order chi connectivity index (χ1) is 14.1. The summed E-state index contributed by atoms with van der Waals surface area (Å²) >= 11 is 5.71. The Morgan fingerprint density at radius 1 is 1.10 bits per heavy atom. The molecule has 6 nitrogen and oxygen atoms in total. The van der Waals surface area contributed by atoms with Gasteiger partial charge in [0.2, 0.25) is 11.8 Å². The Labute approximate surface area is 175 Å². The molecule has 4 rings (SSSR count). The summed E-state index contributed by atoms with van der Waals surface area (Å²) in [6, 6.07) is 4.00. The number of carbonyl (C=O) groups is 2. The molecule has 0 aromatic heterocycles. The van der Waals surface area contributed by atoms with Gasteiger partial charge < -0.3 is 10.6 Å². The third-order valence-corrected chi connectivity index (χ3v) is 6.33. The van der Waals surface area contributed by atoms with E-state index in [0.29, 0.717) is 18.8 Å². The highest BCUT2D eigenvalue weighted by molar-refractivity contribution is 6.31. The van der Waals surface area contributed by atoms with Gasteiger partial charge in [0.05, 0.1) is 18.1 Å². The SMILES string of the molecule is O=C(CN1CC2CC1CN2CC(=O)NC1(C(F)(F)F)CC1)Nc1ccc(F)c(Cl)c1. The van der Waals surface area contributed by atoms with Crippen LogP contribution in [0.15, 0.2) is 18.2 Å². The van der Waals surface area contributed by atoms with E-state index >= 15 is 0 Å². The van der Waals surface area contributed by atoms with Crippen LogP contribution >= 0.6 is 11.6 Å². The van der Waals surface area contributed by atoms with E-state index in [1.165, 1.54) is 18.2 Å². The van der Waals surface area contributed by atoms with Crippen LogP contribution in [0.1, 0.15) is 19.3 Å². The monoisotopic (exact) mass is 448 g/mol. The van der Waals surface area contributed by atoms with E-state index < -0.39 is 23.4 Å². The minimum absolute atomic E-state index is 0.0230. The van der Waals surface area contributed by atoms with E-state index in [9.17, 15) is 27.2 Å². The molecule has 1 saturated carbocycles. The summed E-state index contributed by atoms with van der Waals surface area (Å²) in [6.45, 7) is 1.13. The quantitative estimate of drug-likeness (QED) is 0.656.